The highest BCUT2D eigenvalue weighted by Crippen LogP contribution is 2.08. The van der Waals surface area contributed by atoms with Crippen molar-refractivity contribution in [3.05, 3.63) is 12.7 Å². The molecule has 0 aromatic heterocycles. The zero-order chi connectivity index (χ0) is 32.6. The van der Waals surface area contributed by atoms with Crippen LogP contribution in [0.4, 0.5) is 0 Å². The van der Waals surface area contributed by atoms with Crippen molar-refractivity contribution < 1.29 is 56.9 Å². The molecule has 0 unspecified atom stereocenters. The molecule has 0 amide bonds. The third-order valence-corrected chi connectivity index (χ3v) is 6.13. The number of hydrogen-bond acceptors (Lipinski definition) is 12. The molecule has 0 saturated heterocycles. The molecular formula is C33H64O12. The van der Waals surface area contributed by atoms with Crippen LogP contribution in [0.1, 0.15) is 58.3 Å². The third-order valence-electron chi connectivity index (χ3n) is 6.13. The van der Waals surface area contributed by atoms with E-state index >= 15 is 0 Å². The molecule has 0 aliphatic heterocycles. The monoisotopic (exact) mass is 652 g/mol. The highest BCUT2D eigenvalue weighted by atomic mass is 16.6. The summed E-state index contributed by atoms with van der Waals surface area (Å²) in [6.45, 7) is 16.2. The molecule has 0 aromatic rings. The van der Waals surface area contributed by atoms with Gasteiger partial charge in [-0.1, -0.05) is 58.4 Å². The summed E-state index contributed by atoms with van der Waals surface area (Å²) >= 11 is 0. The largest absolute Gasteiger partial charge is 0.460 e. The Balaban J connectivity index is 3.05. The molecule has 12 nitrogen and oxygen atoms in total. The van der Waals surface area contributed by atoms with Crippen LogP contribution in [0.2, 0.25) is 0 Å². The van der Waals surface area contributed by atoms with Gasteiger partial charge in [0.1, 0.15) is 6.61 Å². The van der Waals surface area contributed by atoms with Gasteiger partial charge in [-0.25, -0.2) is 4.79 Å². The lowest BCUT2D eigenvalue weighted by Gasteiger charge is -2.09. The van der Waals surface area contributed by atoms with E-state index in [0.717, 1.165) is 19.1 Å². The van der Waals surface area contributed by atoms with Crippen molar-refractivity contribution in [3.8, 4) is 0 Å². The quantitative estimate of drug-likeness (QED) is 0.0541. The molecule has 0 aliphatic carbocycles. The molecule has 0 fully saturated rings. The molecule has 12 heteroatoms. The van der Waals surface area contributed by atoms with E-state index < -0.39 is 5.97 Å². The van der Waals surface area contributed by atoms with E-state index in [1.54, 1.807) is 0 Å². The van der Waals surface area contributed by atoms with Gasteiger partial charge in [-0.2, -0.15) is 0 Å². The van der Waals surface area contributed by atoms with Gasteiger partial charge in [-0.15, -0.1) is 0 Å². The number of unbranched alkanes of at least 4 members (excludes halogenated alkanes) is 7. The molecule has 0 aromatic carbocycles. The van der Waals surface area contributed by atoms with Crippen molar-refractivity contribution in [3.63, 3.8) is 0 Å². The highest BCUT2D eigenvalue weighted by Gasteiger charge is 1.98. The standard InChI is InChI=1S/C33H64O12/c1-3-5-6-7-8-9-10-11-12-35-13-14-36-15-16-37-17-18-38-19-20-39-21-22-40-23-24-41-25-26-42-27-28-43-29-30-44-31-32-45-33(34)4-2/h4H,2-3,5-32H2,1H3. The molecule has 268 valence electrons. The predicted molar refractivity (Wildman–Crippen MR) is 172 cm³/mol. The number of rotatable bonds is 40. The maximum Gasteiger partial charge on any atom is 0.330 e. The van der Waals surface area contributed by atoms with E-state index in [2.05, 4.69) is 13.5 Å². The van der Waals surface area contributed by atoms with Crippen LogP contribution in [0.3, 0.4) is 0 Å². The fourth-order valence-corrected chi connectivity index (χ4v) is 3.68. The first-order valence-electron chi connectivity index (χ1n) is 16.9. The smallest absolute Gasteiger partial charge is 0.330 e. The lowest BCUT2D eigenvalue weighted by molar-refractivity contribution is -0.139. The molecule has 0 bridgehead atoms. The summed E-state index contributed by atoms with van der Waals surface area (Å²) < 4.78 is 59.4. The minimum atomic E-state index is -0.456. The van der Waals surface area contributed by atoms with E-state index in [1.807, 2.05) is 0 Å². The molecule has 0 spiro atoms. The van der Waals surface area contributed by atoms with Crippen molar-refractivity contribution in [1.29, 1.82) is 0 Å². The van der Waals surface area contributed by atoms with Crippen LogP contribution in [-0.2, 0) is 56.9 Å². The van der Waals surface area contributed by atoms with Gasteiger partial charge >= 0.3 is 5.97 Å². The van der Waals surface area contributed by atoms with E-state index in [-0.39, 0.29) is 6.61 Å². The number of hydrogen-bond donors (Lipinski definition) is 0. The molecule has 0 aliphatic rings. The summed E-state index contributed by atoms with van der Waals surface area (Å²) in [7, 11) is 0. The van der Waals surface area contributed by atoms with E-state index in [9.17, 15) is 4.79 Å². The zero-order valence-electron chi connectivity index (χ0n) is 28.2. The van der Waals surface area contributed by atoms with Crippen molar-refractivity contribution >= 4 is 5.97 Å². The van der Waals surface area contributed by atoms with Gasteiger partial charge in [0.15, 0.2) is 0 Å². The van der Waals surface area contributed by atoms with Crippen LogP contribution in [-0.4, -0.2) is 145 Å². The summed E-state index contributed by atoms with van der Waals surface area (Å²) in [5, 5.41) is 0. The average molecular weight is 653 g/mol. The Morgan fingerprint density at radius 3 is 0.911 bits per heavy atom. The summed E-state index contributed by atoms with van der Waals surface area (Å²) in [4.78, 5) is 10.8. The van der Waals surface area contributed by atoms with Gasteiger partial charge in [0, 0.05) is 12.7 Å². The Labute approximate surface area is 272 Å². The van der Waals surface area contributed by atoms with Gasteiger partial charge in [-0.3, -0.25) is 0 Å². The summed E-state index contributed by atoms with van der Waals surface area (Å²) in [6.07, 6.45) is 11.6. The Kier molecular flexibility index (Phi) is 39.8. The molecule has 0 heterocycles. The van der Waals surface area contributed by atoms with Gasteiger partial charge < -0.3 is 52.1 Å². The fourth-order valence-electron chi connectivity index (χ4n) is 3.68. The van der Waals surface area contributed by atoms with Crippen molar-refractivity contribution in [2.24, 2.45) is 0 Å². The van der Waals surface area contributed by atoms with Crippen LogP contribution in [0.5, 0.6) is 0 Å². The number of ether oxygens (including phenoxy) is 11. The van der Waals surface area contributed by atoms with Crippen LogP contribution >= 0.6 is 0 Å². The molecule has 0 saturated carbocycles. The van der Waals surface area contributed by atoms with Crippen molar-refractivity contribution in [2.75, 3.05) is 139 Å². The molecule has 0 N–H and O–H groups in total. The van der Waals surface area contributed by atoms with Crippen molar-refractivity contribution in [2.45, 2.75) is 58.3 Å². The summed E-state index contributed by atoms with van der Waals surface area (Å²) in [5.74, 6) is -0.456. The van der Waals surface area contributed by atoms with Gasteiger partial charge in [0.25, 0.3) is 0 Å². The summed E-state index contributed by atoms with van der Waals surface area (Å²) in [6, 6.07) is 0. The first-order chi connectivity index (χ1) is 22.3. The van der Waals surface area contributed by atoms with Gasteiger partial charge in [0.2, 0.25) is 0 Å². The van der Waals surface area contributed by atoms with Crippen LogP contribution in [0, 0.1) is 0 Å². The number of esters is 1. The Morgan fingerprint density at radius 2 is 0.622 bits per heavy atom. The van der Waals surface area contributed by atoms with Gasteiger partial charge in [-0.05, 0) is 6.42 Å². The SMILES string of the molecule is C=CC(=O)OCCOCCOCCOCCOCCOCCOCCOCCOCCOCCOCCCCCCCCCC. The van der Waals surface area contributed by atoms with Gasteiger partial charge in [0.05, 0.1) is 126 Å². The zero-order valence-corrected chi connectivity index (χ0v) is 28.2. The normalized spacial score (nSPS) is 11.3. The molecule has 0 atom stereocenters. The second kappa shape index (κ2) is 40.8. The second-order valence-corrected chi connectivity index (χ2v) is 9.97. The van der Waals surface area contributed by atoms with E-state index in [0.29, 0.717) is 126 Å². The number of carbonyl (C=O) groups excluding carboxylic acids is 1. The minimum absolute atomic E-state index is 0.202. The predicted octanol–water partition coefficient (Wildman–Crippen LogP) is 4.02. The van der Waals surface area contributed by atoms with Crippen LogP contribution in [0.15, 0.2) is 12.7 Å². The average Bonchev–Trinajstić information content (AvgIpc) is 3.05. The molecular weight excluding hydrogens is 588 g/mol. The Morgan fingerprint density at radius 1 is 0.378 bits per heavy atom. The Bertz CT molecular complexity index is 582. The Hall–Kier alpha value is -1.19. The van der Waals surface area contributed by atoms with Crippen molar-refractivity contribution in [1.82, 2.24) is 0 Å². The lowest BCUT2D eigenvalue weighted by Crippen LogP contribution is -2.15. The van der Waals surface area contributed by atoms with Crippen LogP contribution < -0.4 is 0 Å². The number of carbonyl (C=O) groups is 1. The maximum absolute atomic E-state index is 10.8. The van der Waals surface area contributed by atoms with Crippen LogP contribution in [0.25, 0.3) is 0 Å². The first-order valence-corrected chi connectivity index (χ1v) is 16.9. The second-order valence-electron chi connectivity index (χ2n) is 9.97. The maximum atomic E-state index is 10.8. The van der Waals surface area contributed by atoms with E-state index in [4.69, 9.17) is 52.1 Å². The third kappa shape index (κ3) is 40.8. The van der Waals surface area contributed by atoms with E-state index in [1.165, 1.54) is 44.9 Å². The topological polar surface area (TPSA) is 119 Å². The molecule has 0 radical (unpaired) electrons. The fraction of sp³-hybridized carbons (Fsp3) is 0.909. The molecule has 0 rings (SSSR count). The lowest BCUT2D eigenvalue weighted by atomic mass is 10.1. The summed E-state index contributed by atoms with van der Waals surface area (Å²) in [5.41, 5.74) is 0. The molecule has 45 heavy (non-hydrogen) atoms. The minimum Gasteiger partial charge on any atom is -0.460 e. The highest BCUT2D eigenvalue weighted by molar-refractivity contribution is 5.81. The first kappa shape index (κ1) is 43.8.